The number of carbonyl (C=O) groups is 2. The minimum atomic E-state index is -4.95. The Morgan fingerprint density at radius 1 is 1.14 bits per heavy atom. The summed E-state index contributed by atoms with van der Waals surface area (Å²) < 4.78 is 33.6. The molecule has 8 nitrogen and oxygen atoms in total. The van der Waals surface area contributed by atoms with Gasteiger partial charge in [-0.15, -0.1) is 0 Å². The van der Waals surface area contributed by atoms with Crippen LogP contribution in [0.5, 0.6) is 5.75 Å². The van der Waals surface area contributed by atoms with E-state index in [1.54, 1.807) is 0 Å². The zero-order chi connectivity index (χ0) is 20.6. The van der Waals surface area contributed by atoms with Crippen molar-refractivity contribution in [2.45, 2.75) is 4.90 Å². The second kappa shape index (κ2) is 7.32. The summed E-state index contributed by atoms with van der Waals surface area (Å²) in [5.41, 5.74) is 0.0666. The number of phenolic OH excluding ortho intramolecular Hbond substituents is 1. The third-order valence-electron chi connectivity index (χ3n) is 3.75. The first-order valence-corrected chi connectivity index (χ1v) is 9.73. The van der Waals surface area contributed by atoms with Crippen molar-refractivity contribution in [1.29, 1.82) is 0 Å². The Labute approximate surface area is 169 Å². The quantitative estimate of drug-likeness (QED) is 0.324. The van der Waals surface area contributed by atoms with Crippen molar-refractivity contribution in [3.63, 3.8) is 0 Å². The van der Waals surface area contributed by atoms with Crippen LogP contribution in [0.1, 0.15) is 5.56 Å². The molecule has 3 rings (SSSR count). The molecule has 0 radical (unpaired) electrons. The molecular formula is C17H10ClN2O6S2-. The smallest absolute Gasteiger partial charge is 0.270 e. The molecule has 144 valence electrons. The number of nitrogens with zero attached hydrogens (tertiary/aromatic N) is 1. The van der Waals surface area contributed by atoms with Crippen LogP contribution in [0.4, 0.5) is 5.69 Å². The van der Waals surface area contributed by atoms with Gasteiger partial charge in [0, 0.05) is 5.02 Å². The van der Waals surface area contributed by atoms with E-state index in [-0.39, 0.29) is 16.2 Å². The summed E-state index contributed by atoms with van der Waals surface area (Å²) in [7, 11) is -4.95. The Bertz CT molecular complexity index is 1140. The first kappa shape index (κ1) is 20.0. The lowest BCUT2D eigenvalue weighted by Crippen LogP contribution is -2.54. The van der Waals surface area contributed by atoms with Crippen LogP contribution in [0.25, 0.3) is 6.08 Å². The van der Waals surface area contributed by atoms with E-state index >= 15 is 0 Å². The first-order chi connectivity index (χ1) is 13.1. The van der Waals surface area contributed by atoms with Crippen molar-refractivity contribution in [3.05, 3.63) is 58.6 Å². The monoisotopic (exact) mass is 437 g/mol. The molecule has 0 unspecified atom stereocenters. The number of hydrogen-bond acceptors (Lipinski definition) is 7. The second-order valence-corrected chi connectivity index (χ2v) is 7.79. The topological polar surface area (TPSA) is 127 Å². The Morgan fingerprint density at radius 3 is 2.39 bits per heavy atom. The molecule has 2 N–H and O–H groups in total. The van der Waals surface area contributed by atoms with Crippen LogP contribution in [0.2, 0.25) is 5.02 Å². The fraction of sp³-hybridized carbons (Fsp3) is 0. The number of benzene rings is 2. The van der Waals surface area contributed by atoms with Gasteiger partial charge in [-0.3, -0.25) is 19.8 Å². The van der Waals surface area contributed by atoms with Crippen LogP contribution in [0, 0.1) is 0 Å². The maximum absolute atomic E-state index is 12.8. The number of halogens is 1. The average molecular weight is 438 g/mol. The van der Waals surface area contributed by atoms with Crippen molar-refractivity contribution in [2.24, 2.45) is 0 Å². The highest BCUT2D eigenvalue weighted by Crippen LogP contribution is 2.27. The summed E-state index contributed by atoms with van der Waals surface area (Å²) in [6.45, 7) is 0. The molecule has 2 amide bonds. The van der Waals surface area contributed by atoms with E-state index in [9.17, 15) is 27.7 Å². The molecule has 1 saturated heterocycles. The van der Waals surface area contributed by atoms with Crippen molar-refractivity contribution in [1.82, 2.24) is 5.32 Å². The van der Waals surface area contributed by atoms with Gasteiger partial charge < -0.3 is 9.66 Å². The van der Waals surface area contributed by atoms with Gasteiger partial charge >= 0.3 is 0 Å². The van der Waals surface area contributed by atoms with Crippen molar-refractivity contribution >= 4 is 62.6 Å². The van der Waals surface area contributed by atoms with Gasteiger partial charge in [-0.1, -0.05) is 17.7 Å². The van der Waals surface area contributed by atoms with Gasteiger partial charge in [-0.05, 0) is 60.3 Å². The predicted octanol–water partition coefficient (Wildman–Crippen LogP) is 1.78. The summed E-state index contributed by atoms with van der Waals surface area (Å²) in [4.78, 5) is 25.3. The van der Waals surface area contributed by atoms with Gasteiger partial charge in [0.05, 0.1) is 10.6 Å². The number of carbonyl (C=O) groups excluding carboxylic acids is 2. The van der Waals surface area contributed by atoms with E-state index in [0.29, 0.717) is 10.7 Å². The van der Waals surface area contributed by atoms with Gasteiger partial charge in [-0.2, -0.15) is 0 Å². The third kappa shape index (κ3) is 3.90. The van der Waals surface area contributed by atoms with E-state index in [1.165, 1.54) is 30.3 Å². The van der Waals surface area contributed by atoms with E-state index < -0.39 is 32.6 Å². The van der Waals surface area contributed by atoms with Gasteiger partial charge in [0.25, 0.3) is 11.8 Å². The summed E-state index contributed by atoms with van der Waals surface area (Å²) in [5.74, 6) is -2.28. The number of hydrogen-bond donors (Lipinski definition) is 2. The molecule has 0 aliphatic carbocycles. The Kier molecular flexibility index (Phi) is 5.22. The Balaban J connectivity index is 2.06. The molecule has 1 aliphatic rings. The Hall–Kier alpha value is -2.79. The van der Waals surface area contributed by atoms with E-state index in [2.05, 4.69) is 5.32 Å². The molecule has 1 aliphatic heterocycles. The lowest BCUT2D eigenvalue weighted by atomic mass is 10.1. The minimum Gasteiger partial charge on any atom is -0.744 e. The fourth-order valence-electron chi connectivity index (χ4n) is 2.47. The minimum absolute atomic E-state index is 0.0506. The third-order valence-corrected chi connectivity index (χ3v) is 5.15. The van der Waals surface area contributed by atoms with E-state index in [1.807, 2.05) is 0 Å². The maximum atomic E-state index is 12.8. The van der Waals surface area contributed by atoms with Gasteiger partial charge in [-0.25, -0.2) is 8.42 Å². The number of thiocarbonyl (C=S) groups is 1. The highest BCUT2D eigenvalue weighted by molar-refractivity contribution is 7.85. The molecule has 1 fully saturated rings. The number of aromatic hydroxyl groups is 1. The van der Waals surface area contributed by atoms with Crippen LogP contribution in [-0.2, 0) is 19.7 Å². The SMILES string of the molecule is O=C1NC(=S)N(c2ccc(Cl)cc2)C(=O)/C1=C/c1ccc(O)c(S(=O)(=O)[O-])c1. The molecule has 0 aromatic heterocycles. The molecule has 11 heteroatoms. The highest BCUT2D eigenvalue weighted by atomic mass is 35.5. The summed E-state index contributed by atoms with van der Waals surface area (Å²) in [6.07, 6.45) is 1.09. The molecule has 0 saturated carbocycles. The van der Waals surface area contributed by atoms with Gasteiger partial charge in [0.15, 0.2) is 5.11 Å². The molecule has 2 aromatic rings. The average Bonchev–Trinajstić information content (AvgIpc) is 2.60. The Morgan fingerprint density at radius 2 is 1.79 bits per heavy atom. The van der Waals surface area contributed by atoms with Crippen molar-refractivity contribution in [3.8, 4) is 5.75 Å². The lowest BCUT2D eigenvalue weighted by Gasteiger charge is -2.29. The highest BCUT2D eigenvalue weighted by Gasteiger charge is 2.34. The number of phenols is 1. The zero-order valence-electron chi connectivity index (χ0n) is 13.7. The molecule has 0 spiro atoms. The lowest BCUT2D eigenvalue weighted by molar-refractivity contribution is -0.122. The van der Waals surface area contributed by atoms with Crippen LogP contribution in [-0.4, -0.2) is 35.0 Å². The number of rotatable bonds is 3. The standard InChI is InChI=1S/C17H11ClN2O6S2/c18-10-2-4-11(5-3-10)20-16(23)12(15(22)19-17(20)27)7-9-1-6-13(21)14(8-9)28(24,25)26/h1-8,21H,(H,19,22,27)(H,24,25,26)/p-1/b12-7+. The molecule has 0 bridgehead atoms. The zero-order valence-corrected chi connectivity index (χ0v) is 16.1. The number of amides is 2. The van der Waals surface area contributed by atoms with Crippen LogP contribution < -0.4 is 10.2 Å². The van der Waals surface area contributed by atoms with E-state index in [4.69, 9.17) is 23.8 Å². The second-order valence-electron chi connectivity index (χ2n) is 5.62. The van der Waals surface area contributed by atoms with Gasteiger partial charge in [0.1, 0.15) is 21.4 Å². The van der Waals surface area contributed by atoms with Crippen LogP contribution in [0.3, 0.4) is 0 Å². The molecule has 0 atom stereocenters. The van der Waals surface area contributed by atoms with Crippen LogP contribution >= 0.6 is 23.8 Å². The van der Waals surface area contributed by atoms with Crippen molar-refractivity contribution in [2.75, 3.05) is 4.90 Å². The predicted molar refractivity (Wildman–Crippen MR) is 104 cm³/mol. The van der Waals surface area contributed by atoms with Gasteiger partial charge in [0.2, 0.25) is 0 Å². The molecular weight excluding hydrogens is 428 g/mol. The molecule has 2 aromatic carbocycles. The van der Waals surface area contributed by atoms with Crippen molar-refractivity contribution < 1.29 is 27.7 Å². The number of anilines is 1. The number of nitrogens with one attached hydrogen (secondary N) is 1. The maximum Gasteiger partial charge on any atom is 0.270 e. The summed E-state index contributed by atoms with van der Waals surface area (Å²) in [5, 5.41) is 12.2. The van der Waals surface area contributed by atoms with Crippen LogP contribution in [0.15, 0.2) is 52.9 Å². The molecule has 28 heavy (non-hydrogen) atoms. The molecule has 1 heterocycles. The summed E-state index contributed by atoms with van der Waals surface area (Å²) >= 11 is 10.9. The first-order valence-electron chi connectivity index (χ1n) is 7.54. The fourth-order valence-corrected chi connectivity index (χ4v) is 3.48. The summed E-state index contributed by atoms with van der Waals surface area (Å²) in [6, 6.07) is 9.23. The largest absolute Gasteiger partial charge is 0.744 e. The normalized spacial score (nSPS) is 16.4. The van der Waals surface area contributed by atoms with E-state index in [0.717, 1.165) is 23.1 Å².